The van der Waals surface area contributed by atoms with Crippen LogP contribution in [0.3, 0.4) is 0 Å². The molecular weight excluding hydrogens is 293 g/mol. The average Bonchev–Trinajstić information content (AvgIpc) is 2.31. The Morgan fingerprint density at radius 2 is 1.80 bits per heavy atom. The molecule has 0 heterocycles. The van der Waals surface area contributed by atoms with Crippen LogP contribution in [0.4, 0.5) is 0 Å². The molecule has 20 heavy (non-hydrogen) atoms. The molecule has 0 aromatic rings. The topological polar surface area (TPSA) is 108 Å². The Hall–Kier alpha value is -0.990. The molecule has 10 heteroatoms. The number of quaternary nitrogens is 1. The monoisotopic (exact) mass is 314 g/mol. The van der Waals surface area contributed by atoms with Crippen molar-refractivity contribution in [2.24, 2.45) is 0 Å². The SMILES string of the molecule is C[N+](C)(C)CCOP(=O)(O)OCC(COC=O)OC=O. The summed E-state index contributed by atoms with van der Waals surface area (Å²) in [7, 11) is 1.46. The minimum atomic E-state index is -4.24. The van der Waals surface area contributed by atoms with Crippen LogP contribution in [0.1, 0.15) is 0 Å². The van der Waals surface area contributed by atoms with Gasteiger partial charge < -0.3 is 18.9 Å². The molecule has 0 aromatic heterocycles. The van der Waals surface area contributed by atoms with Crippen molar-refractivity contribution in [1.82, 2.24) is 0 Å². The number of phosphoric acid groups is 1. The third-order valence-corrected chi connectivity index (χ3v) is 3.02. The van der Waals surface area contributed by atoms with Gasteiger partial charge in [0.15, 0.2) is 6.10 Å². The van der Waals surface area contributed by atoms with Crippen LogP contribution in [0.15, 0.2) is 0 Å². The number of carbonyl (C=O) groups excluding carboxylic acids is 2. The summed E-state index contributed by atoms with van der Waals surface area (Å²) in [6.45, 7) is 0.128. The van der Waals surface area contributed by atoms with E-state index in [1.54, 1.807) is 0 Å². The maximum Gasteiger partial charge on any atom is 0.472 e. The van der Waals surface area contributed by atoms with Gasteiger partial charge in [-0.3, -0.25) is 18.6 Å². The fourth-order valence-electron chi connectivity index (χ4n) is 0.996. The van der Waals surface area contributed by atoms with Gasteiger partial charge in [0.05, 0.1) is 27.7 Å². The van der Waals surface area contributed by atoms with Crippen LogP contribution in [-0.2, 0) is 32.7 Å². The third kappa shape index (κ3) is 10.9. The number of hydrogen-bond acceptors (Lipinski definition) is 7. The molecule has 2 atom stereocenters. The summed E-state index contributed by atoms with van der Waals surface area (Å²) in [5.41, 5.74) is 0. The maximum absolute atomic E-state index is 11.5. The molecule has 9 nitrogen and oxygen atoms in total. The second-order valence-corrected chi connectivity index (χ2v) is 6.35. The zero-order valence-corrected chi connectivity index (χ0v) is 12.7. The quantitative estimate of drug-likeness (QED) is 0.293. The number of hydrogen-bond donors (Lipinski definition) is 1. The molecular formula is C10H21NO8P+. The van der Waals surface area contributed by atoms with Crippen molar-refractivity contribution in [2.75, 3.05) is 47.5 Å². The summed E-state index contributed by atoms with van der Waals surface area (Å²) in [6.07, 6.45) is -0.972. The Labute approximate surface area is 117 Å². The molecule has 0 saturated heterocycles. The van der Waals surface area contributed by atoms with Crippen LogP contribution in [0.25, 0.3) is 0 Å². The normalized spacial score (nSPS) is 16.0. The second kappa shape index (κ2) is 9.04. The first kappa shape index (κ1) is 19.0. The molecule has 0 fully saturated rings. The van der Waals surface area contributed by atoms with E-state index in [-0.39, 0.29) is 26.2 Å². The van der Waals surface area contributed by atoms with Gasteiger partial charge in [-0.1, -0.05) is 0 Å². The first-order valence-electron chi connectivity index (χ1n) is 5.77. The Balaban J connectivity index is 4.12. The van der Waals surface area contributed by atoms with E-state index < -0.39 is 20.5 Å². The average molecular weight is 314 g/mol. The van der Waals surface area contributed by atoms with E-state index in [0.29, 0.717) is 11.0 Å². The number of nitrogens with zero attached hydrogens (tertiary/aromatic N) is 1. The highest BCUT2D eigenvalue weighted by molar-refractivity contribution is 7.47. The zero-order valence-electron chi connectivity index (χ0n) is 11.8. The highest BCUT2D eigenvalue weighted by atomic mass is 31.2. The Kier molecular flexibility index (Phi) is 8.59. The van der Waals surface area contributed by atoms with Crippen LogP contribution in [0.5, 0.6) is 0 Å². The van der Waals surface area contributed by atoms with Crippen molar-refractivity contribution >= 4 is 20.8 Å². The molecule has 0 saturated carbocycles. The Morgan fingerprint density at radius 3 is 2.30 bits per heavy atom. The lowest BCUT2D eigenvalue weighted by Gasteiger charge is -2.24. The number of carbonyl (C=O) groups is 2. The van der Waals surface area contributed by atoms with Crippen molar-refractivity contribution in [3.05, 3.63) is 0 Å². The number of rotatable bonds is 12. The summed E-state index contributed by atoms with van der Waals surface area (Å²) < 4.78 is 30.4. The predicted octanol–water partition coefficient (Wildman–Crippen LogP) is -0.459. The van der Waals surface area contributed by atoms with Crippen LogP contribution in [0, 0.1) is 0 Å². The van der Waals surface area contributed by atoms with E-state index in [1.807, 2.05) is 21.1 Å². The molecule has 118 valence electrons. The minimum absolute atomic E-state index is 0.0291. The Morgan fingerprint density at radius 1 is 1.15 bits per heavy atom. The molecule has 0 amide bonds. The highest BCUT2D eigenvalue weighted by Gasteiger charge is 2.25. The molecule has 0 bridgehead atoms. The maximum atomic E-state index is 11.5. The molecule has 0 aromatic carbocycles. The van der Waals surface area contributed by atoms with Crippen LogP contribution in [0.2, 0.25) is 0 Å². The van der Waals surface area contributed by atoms with E-state index in [2.05, 4.69) is 14.0 Å². The Bertz CT molecular complexity index is 343. The minimum Gasteiger partial charge on any atom is -0.464 e. The molecule has 0 radical (unpaired) electrons. The lowest BCUT2D eigenvalue weighted by Crippen LogP contribution is -2.37. The van der Waals surface area contributed by atoms with E-state index in [1.165, 1.54) is 0 Å². The van der Waals surface area contributed by atoms with Gasteiger partial charge in [-0.15, -0.1) is 0 Å². The lowest BCUT2D eigenvalue weighted by molar-refractivity contribution is -0.870. The van der Waals surface area contributed by atoms with Gasteiger partial charge in [0.25, 0.3) is 12.9 Å². The van der Waals surface area contributed by atoms with Gasteiger partial charge in [0.2, 0.25) is 0 Å². The predicted molar refractivity (Wildman–Crippen MR) is 67.6 cm³/mol. The summed E-state index contributed by atoms with van der Waals surface area (Å²) in [5, 5.41) is 0. The zero-order chi connectivity index (χ0) is 15.6. The highest BCUT2D eigenvalue weighted by Crippen LogP contribution is 2.43. The second-order valence-electron chi connectivity index (χ2n) is 4.90. The van der Waals surface area contributed by atoms with Crippen LogP contribution >= 0.6 is 7.82 Å². The van der Waals surface area contributed by atoms with Crippen molar-refractivity contribution in [2.45, 2.75) is 6.10 Å². The molecule has 1 N–H and O–H groups in total. The van der Waals surface area contributed by atoms with Gasteiger partial charge in [0.1, 0.15) is 19.8 Å². The van der Waals surface area contributed by atoms with E-state index in [0.717, 1.165) is 0 Å². The molecule has 0 spiro atoms. The fraction of sp³-hybridized carbons (Fsp3) is 0.800. The number of phosphoric ester groups is 1. The molecule has 0 aliphatic carbocycles. The largest absolute Gasteiger partial charge is 0.472 e. The van der Waals surface area contributed by atoms with Gasteiger partial charge in [-0.25, -0.2) is 4.57 Å². The molecule has 0 rings (SSSR count). The van der Waals surface area contributed by atoms with Crippen molar-refractivity contribution in [3.8, 4) is 0 Å². The summed E-state index contributed by atoms with van der Waals surface area (Å²) in [6, 6.07) is 0. The summed E-state index contributed by atoms with van der Waals surface area (Å²) >= 11 is 0. The molecule has 0 aliphatic heterocycles. The lowest BCUT2D eigenvalue weighted by atomic mass is 10.4. The van der Waals surface area contributed by atoms with E-state index >= 15 is 0 Å². The molecule has 0 aliphatic rings. The van der Waals surface area contributed by atoms with Gasteiger partial charge >= 0.3 is 7.82 Å². The van der Waals surface area contributed by atoms with Gasteiger partial charge in [-0.05, 0) is 0 Å². The standard InChI is InChI=1S/C10H20NO8P/c1-11(2,3)4-5-18-20(14,15)19-7-10(17-9-13)6-16-8-12/h8-10H,4-7H2,1-3H3/p+1. The summed E-state index contributed by atoms with van der Waals surface area (Å²) in [4.78, 5) is 29.6. The fourth-order valence-corrected chi connectivity index (χ4v) is 1.74. The van der Waals surface area contributed by atoms with E-state index in [4.69, 9.17) is 4.52 Å². The van der Waals surface area contributed by atoms with Crippen molar-refractivity contribution in [3.63, 3.8) is 0 Å². The van der Waals surface area contributed by atoms with Gasteiger partial charge in [-0.2, -0.15) is 0 Å². The van der Waals surface area contributed by atoms with Crippen molar-refractivity contribution in [1.29, 1.82) is 0 Å². The van der Waals surface area contributed by atoms with E-state index in [9.17, 15) is 19.0 Å². The van der Waals surface area contributed by atoms with Crippen LogP contribution in [-0.4, -0.2) is 75.9 Å². The molecule has 2 unspecified atom stereocenters. The third-order valence-electron chi connectivity index (χ3n) is 2.04. The first-order chi connectivity index (χ1) is 9.20. The van der Waals surface area contributed by atoms with Gasteiger partial charge in [0, 0.05) is 0 Å². The van der Waals surface area contributed by atoms with Crippen molar-refractivity contribution < 1.29 is 42.1 Å². The number of ether oxygens (including phenoxy) is 2. The number of likely N-dealkylation sites (N-methyl/N-ethyl adjacent to an activating group) is 1. The summed E-state index contributed by atoms with van der Waals surface area (Å²) in [5.74, 6) is 0. The van der Waals surface area contributed by atoms with Crippen LogP contribution < -0.4 is 0 Å². The first-order valence-corrected chi connectivity index (χ1v) is 7.26. The smallest absolute Gasteiger partial charge is 0.464 e.